The van der Waals surface area contributed by atoms with E-state index in [1.807, 2.05) is 0 Å². The van der Waals surface area contributed by atoms with E-state index < -0.39 is 121 Å². The molecule has 3 aromatic carbocycles. The van der Waals surface area contributed by atoms with Crippen LogP contribution in [0.15, 0.2) is 78.9 Å². The number of benzene rings is 3. The molecule has 0 fully saturated rings. The van der Waals surface area contributed by atoms with Gasteiger partial charge in [0.25, 0.3) is 0 Å². The molecule has 70 heavy (non-hydrogen) atoms. The number of hydrogen-bond donors (Lipinski definition) is 12. The van der Waals surface area contributed by atoms with E-state index in [2.05, 4.69) is 37.2 Å². The van der Waals surface area contributed by atoms with Crippen LogP contribution >= 0.6 is 0 Å². The van der Waals surface area contributed by atoms with Crippen LogP contribution in [0.1, 0.15) is 69.6 Å². The minimum absolute atomic E-state index is 0.0282. The molecule has 0 unspecified atom stereocenters. The summed E-state index contributed by atoms with van der Waals surface area (Å²) in [5, 5.41) is 55.4. The molecule has 0 radical (unpaired) electrons. The van der Waals surface area contributed by atoms with Gasteiger partial charge >= 0.3 is 18.0 Å². The number of phenols is 2. The van der Waals surface area contributed by atoms with Gasteiger partial charge in [-0.15, -0.1) is 0 Å². The lowest BCUT2D eigenvalue weighted by atomic mass is 9.99. The summed E-state index contributed by atoms with van der Waals surface area (Å²) < 4.78 is 5.11. The van der Waals surface area contributed by atoms with Gasteiger partial charge in [-0.2, -0.15) is 0 Å². The standard InChI is InChI=1S/C47H60N8O15/c1-26(2)21-35(44(66)55-36(22-28-9-13-31(56)14-10-28)45(67)52-33(41(48)63)17-19-39(59)60)53-46(68)37(23-29-11-15-32(57)16-12-29)54-43(65)34(18-20-40(61)62)51-38(58)24-49-42(64)27(3)50-47(69)70-25-30-7-5-4-6-8-30/h4-16,26-27,33-37,56-57H,17-25H2,1-3H3,(H2,48,63)(H,49,64)(H,50,69)(H,51,58)(H,52,67)(H,53,68)(H,54,65)(H,55,66)(H,59,60)(H,61,62)/t27-,33-,34-,35-,36-,37-/m0/s1. The molecule has 0 saturated carbocycles. The Morgan fingerprint density at radius 2 is 0.971 bits per heavy atom. The second-order valence-corrected chi connectivity index (χ2v) is 16.6. The number of phenolic OH excluding ortho intramolecular Hbond substituents is 2. The van der Waals surface area contributed by atoms with Gasteiger partial charge in [0.05, 0.1) is 6.54 Å². The van der Waals surface area contributed by atoms with Crippen LogP contribution in [0.2, 0.25) is 0 Å². The third kappa shape index (κ3) is 20.7. The molecule has 0 aliphatic heterocycles. The molecular weight excluding hydrogens is 917 g/mol. The van der Waals surface area contributed by atoms with Gasteiger partial charge in [-0.05, 0) is 73.1 Å². The number of carbonyl (C=O) groups excluding carboxylic acids is 8. The molecule has 378 valence electrons. The summed E-state index contributed by atoms with van der Waals surface area (Å²) in [6.45, 7) is 4.01. The van der Waals surface area contributed by atoms with Crippen LogP contribution in [0.25, 0.3) is 0 Å². The number of carboxylic acids is 2. The molecule has 0 aliphatic rings. The number of alkyl carbamates (subject to hydrolysis) is 1. The van der Waals surface area contributed by atoms with Gasteiger partial charge in [0.15, 0.2) is 0 Å². The highest BCUT2D eigenvalue weighted by molar-refractivity contribution is 5.97. The summed E-state index contributed by atoms with van der Waals surface area (Å²) in [6, 6.07) is 11.3. The predicted octanol–water partition coefficient (Wildman–Crippen LogP) is -0.000900. The van der Waals surface area contributed by atoms with Gasteiger partial charge in [0.2, 0.25) is 41.4 Å². The summed E-state index contributed by atoms with van der Waals surface area (Å²) in [7, 11) is 0. The Labute approximate surface area is 402 Å². The van der Waals surface area contributed by atoms with Gasteiger partial charge < -0.3 is 68.1 Å². The van der Waals surface area contributed by atoms with Gasteiger partial charge in [0.1, 0.15) is 54.4 Å². The summed E-state index contributed by atoms with van der Waals surface area (Å²) in [5.74, 6) is -9.65. The number of rotatable bonds is 28. The fraction of sp³-hybridized carbons (Fsp3) is 0.404. The number of amides is 8. The molecule has 23 nitrogen and oxygen atoms in total. The maximum Gasteiger partial charge on any atom is 0.408 e. The third-order valence-electron chi connectivity index (χ3n) is 10.3. The van der Waals surface area contributed by atoms with Crippen molar-refractivity contribution in [3.63, 3.8) is 0 Å². The van der Waals surface area contributed by atoms with E-state index in [1.54, 1.807) is 44.2 Å². The summed E-state index contributed by atoms with van der Waals surface area (Å²) >= 11 is 0. The van der Waals surface area contributed by atoms with Crippen LogP contribution in [-0.4, -0.2) is 123 Å². The maximum atomic E-state index is 14.3. The first kappa shape index (κ1) is 56.1. The number of aliphatic carboxylic acids is 2. The zero-order valence-electron chi connectivity index (χ0n) is 38.8. The number of ether oxygens (including phenoxy) is 1. The monoisotopic (exact) mass is 976 g/mol. The minimum atomic E-state index is -1.59. The lowest BCUT2D eigenvalue weighted by Gasteiger charge is -2.28. The van der Waals surface area contributed by atoms with Crippen molar-refractivity contribution in [3.8, 4) is 11.5 Å². The van der Waals surface area contributed by atoms with Crippen LogP contribution < -0.4 is 43.0 Å². The van der Waals surface area contributed by atoms with Crippen LogP contribution in [0.3, 0.4) is 0 Å². The van der Waals surface area contributed by atoms with Crippen molar-refractivity contribution in [2.24, 2.45) is 11.7 Å². The van der Waals surface area contributed by atoms with E-state index in [4.69, 9.17) is 15.6 Å². The van der Waals surface area contributed by atoms with E-state index in [1.165, 1.54) is 55.5 Å². The number of carbonyl (C=O) groups is 10. The second kappa shape index (κ2) is 28.2. The first-order valence-electron chi connectivity index (χ1n) is 22.1. The highest BCUT2D eigenvalue weighted by atomic mass is 16.5. The Bertz CT molecular complexity index is 2300. The Morgan fingerprint density at radius 1 is 0.529 bits per heavy atom. The molecule has 3 rings (SSSR count). The summed E-state index contributed by atoms with van der Waals surface area (Å²) in [6.07, 6.45) is -3.40. The second-order valence-electron chi connectivity index (χ2n) is 16.6. The SMILES string of the molecule is CC(C)C[C@H](NC(=O)[C@H](Cc1ccc(O)cc1)NC(=O)[C@H](CCC(=O)O)NC(=O)CNC(=O)[C@H](C)NC(=O)OCc1ccccc1)C(=O)N[C@@H](Cc1ccc(O)cc1)C(=O)N[C@@H](CCC(=O)O)C(N)=O. The maximum absolute atomic E-state index is 14.3. The van der Waals surface area contributed by atoms with Crippen LogP contribution in [0.4, 0.5) is 4.79 Å². The lowest BCUT2D eigenvalue weighted by molar-refractivity contribution is -0.139. The number of nitrogens with one attached hydrogen (secondary N) is 7. The average Bonchev–Trinajstić information content (AvgIpc) is 3.30. The molecule has 6 atom stereocenters. The van der Waals surface area contributed by atoms with Gasteiger partial charge in [-0.1, -0.05) is 68.4 Å². The zero-order chi connectivity index (χ0) is 51.9. The Balaban J connectivity index is 1.82. The van der Waals surface area contributed by atoms with Crippen LogP contribution in [-0.2, 0) is 67.3 Å². The Morgan fingerprint density at radius 3 is 1.44 bits per heavy atom. The fourth-order valence-electron chi connectivity index (χ4n) is 6.61. The molecule has 0 aromatic heterocycles. The van der Waals surface area contributed by atoms with Crippen molar-refractivity contribution in [1.82, 2.24) is 37.2 Å². The molecule has 23 heteroatoms. The van der Waals surface area contributed by atoms with Crippen molar-refractivity contribution in [1.29, 1.82) is 0 Å². The van der Waals surface area contributed by atoms with E-state index in [-0.39, 0.29) is 49.7 Å². The van der Waals surface area contributed by atoms with E-state index in [0.29, 0.717) is 16.7 Å². The first-order valence-corrected chi connectivity index (χ1v) is 22.1. The van der Waals surface area contributed by atoms with Crippen molar-refractivity contribution < 1.29 is 73.1 Å². The quantitative estimate of drug-likeness (QED) is 0.0456. The summed E-state index contributed by atoms with van der Waals surface area (Å²) in [4.78, 5) is 129. The predicted molar refractivity (Wildman–Crippen MR) is 248 cm³/mol. The molecular formula is C47H60N8O15. The van der Waals surface area contributed by atoms with Crippen molar-refractivity contribution in [2.75, 3.05) is 6.54 Å². The Kier molecular flexibility index (Phi) is 22.6. The molecule has 13 N–H and O–H groups in total. The third-order valence-corrected chi connectivity index (χ3v) is 10.3. The molecule has 0 bridgehead atoms. The van der Waals surface area contributed by atoms with Gasteiger partial charge in [-0.3, -0.25) is 43.2 Å². The van der Waals surface area contributed by atoms with Gasteiger partial charge in [0, 0.05) is 25.7 Å². The van der Waals surface area contributed by atoms with Crippen molar-refractivity contribution in [2.45, 2.75) is 109 Å². The van der Waals surface area contributed by atoms with Gasteiger partial charge in [-0.25, -0.2) is 4.79 Å². The first-order chi connectivity index (χ1) is 33.1. The number of primary amides is 1. The van der Waals surface area contributed by atoms with E-state index >= 15 is 0 Å². The van der Waals surface area contributed by atoms with Crippen LogP contribution in [0.5, 0.6) is 11.5 Å². The number of carboxylic acid groups (broad SMARTS) is 2. The normalized spacial score (nSPS) is 13.4. The van der Waals surface area contributed by atoms with E-state index in [9.17, 15) is 63.3 Å². The molecule has 0 saturated heterocycles. The topological polar surface area (TPSA) is 371 Å². The van der Waals surface area contributed by atoms with Crippen molar-refractivity contribution in [3.05, 3.63) is 95.6 Å². The van der Waals surface area contributed by atoms with E-state index in [0.717, 1.165) is 0 Å². The minimum Gasteiger partial charge on any atom is -0.508 e. The summed E-state index contributed by atoms with van der Waals surface area (Å²) in [5.41, 5.74) is 6.98. The molecule has 8 amide bonds. The highest BCUT2D eigenvalue weighted by Crippen LogP contribution is 2.15. The largest absolute Gasteiger partial charge is 0.508 e. The molecule has 0 aliphatic carbocycles. The number of aromatic hydroxyl groups is 2. The van der Waals surface area contributed by atoms with Crippen LogP contribution in [0, 0.1) is 5.92 Å². The Hall–Kier alpha value is -8.24. The average molecular weight is 977 g/mol. The smallest absolute Gasteiger partial charge is 0.408 e. The zero-order valence-corrected chi connectivity index (χ0v) is 38.8. The molecule has 0 spiro atoms. The lowest BCUT2D eigenvalue weighted by Crippen LogP contribution is -2.60. The highest BCUT2D eigenvalue weighted by Gasteiger charge is 2.33. The molecule has 0 heterocycles. The fourth-order valence-corrected chi connectivity index (χ4v) is 6.61. The molecule has 3 aromatic rings. The van der Waals surface area contributed by atoms with Crippen molar-refractivity contribution >= 4 is 59.4 Å². The number of nitrogens with two attached hydrogens (primary N) is 1. The number of hydrogen-bond acceptors (Lipinski definition) is 13.